The summed E-state index contributed by atoms with van der Waals surface area (Å²) in [5, 5.41) is 15.3. The first-order chi connectivity index (χ1) is 10.7. The maximum atomic E-state index is 12.1. The van der Waals surface area contributed by atoms with Crippen molar-refractivity contribution < 1.29 is 14.3 Å². The zero-order valence-corrected chi connectivity index (χ0v) is 15.3. The molecule has 1 N–H and O–H groups in total. The fraction of sp³-hybridized carbons (Fsp3) is 0.533. The molecule has 1 aromatic rings. The summed E-state index contributed by atoms with van der Waals surface area (Å²) in [7, 11) is 1.68. The number of fused-ring (bicyclic) bond motifs is 1. The Morgan fingerprint density at radius 3 is 2.91 bits per heavy atom. The number of nitrogens with one attached hydrogen (secondary N) is 1. The first-order valence-corrected chi connectivity index (χ1v) is 8.12. The van der Waals surface area contributed by atoms with Gasteiger partial charge < -0.3 is 20.2 Å². The third-order valence-corrected chi connectivity index (χ3v) is 3.62. The van der Waals surface area contributed by atoms with E-state index in [0.29, 0.717) is 24.5 Å². The highest BCUT2D eigenvalue weighted by molar-refractivity contribution is 9.10. The normalized spacial score (nSPS) is 16.9. The van der Waals surface area contributed by atoms with Gasteiger partial charge in [-0.3, -0.25) is 0 Å². The lowest BCUT2D eigenvalue weighted by molar-refractivity contribution is -0.357. The van der Waals surface area contributed by atoms with Crippen LogP contribution in [0.1, 0.15) is 27.2 Å². The van der Waals surface area contributed by atoms with Gasteiger partial charge in [0, 0.05) is 30.3 Å². The minimum Gasteiger partial charge on any atom is -0.618 e. The molecule has 1 unspecified atom stereocenters. The third kappa shape index (κ3) is 4.82. The summed E-state index contributed by atoms with van der Waals surface area (Å²) in [4.78, 5) is 17.6. The predicted molar refractivity (Wildman–Crippen MR) is 92.2 cm³/mol. The second-order valence-electron chi connectivity index (χ2n) is 6.44. The Morgan fingerprint density at radius 1 is 1.57 bits per heavy atom. The van der Waals surface area contributed by atoms with E-state index in [9.17, 15) is 10.0 Å². The molecule has 2 rings (SSSR count). The van der Waals surface area contributed by atoms with E-state index in [1.54, 1.807) is 25.5 Å². The number of carbonyl (C=O) groups excluding carboxylic acids is 1. The molecule has 0 saturated carbocycles. The number of halogens is 1. The minimum absolute atomic E-state index is 0.196. The van der Waals surface area contributed by atoms with E-state index in [2.05, 4.69) is 26.2 Å². The number of carbonyl (C=O) groups is 1. The maximum Gasteiger partial charge on any atom is 0.410 e. The fourth-order valence-corrected chi connectivity index (χ4v) is 2.39. The molecule has 0 saturated heterocycles. The Morgan fingerprint density at radius 2 is 2.26 bits per heavy atom. The van der Waals surface area contributed by atoms with Crippen molar-refractivity contribution in [3.8, 4) is 0 Å². The van der Waals surface area contributed by atoms with E-state index in [1.165, 1.54) is 4.90 Å². The van der Waals surface area contributed by atoms with Gasteiger partial charge in [-0.25, -0.2) is 9.78 Å². The monoisotopic (exact) mass is 384 g/mol. The van der Waals surface area contributed by atoms with Gasteiger partial charge >= 0.3 is 6.09 Å². The molecule has 0 bridgehead atoms. The Bertz CT molecular complexity index is 628. The minimum atomic E-state index is -0.525. The molecule has 8 heteroatoms. The molecular weight excluding hydrogens is 364 g/mol. The van der Waals surface area contributed by atoms with Crippen LogP contribution in [0.5, 0.6) is 0 Å². The average Bonchev–Trinajstić information content (AvgIpc) is 2.43. The lowest BCUT2D eigenvalue weighted by Crippen LogP contribution is -2.38. The van der Waals surface area contributed by atoms with E-state index in [1.807, 2.05) is 20.8 Å². The van der Waals surface area contributed by atoms with Crippen LogP contribution < -0.4 is 5.32 Å². The number of pyridine rings is 1. The highest BCUT2D eigenvalue weighted by Crippen LogP contribution is 2.28. The van der Waals surface area contributed by atoms with Gasteiger partial charge in [-0.1, -0.05) is 0 Å². The summed E-state index contributed by atoms with van der Waals surface area (Å²) < 4.78 is 6.85. The molecule has 7 nitrogen and oxygen atoms in total. The number of rotatable bonds is 3. The molecule has 1 aromatic heterocycles. The molecule has 1 amide bonds. The van der Waals surface area contributed by atoms with Crippen LogP contribution in [-0.4, -0.2) is 52.2 Å². The van der Waals surface area contributed by atoms with Crippen LogP contribution in [0.3, 0.4) is 0 Å². The zero-order chi connectivity index (χ0) is 17.2. The number of hydrogen-bond acceptors (Lipinski definition) is 5. The van der Waals surface area contributed by atoms with Crippen LogP contribution in [0, 0.1) is 5.21 Å². The van der Waals surface area contributed by atoms with Crippen molar-refractivity contribution in [3.63, 3.8) is 0 Å². The molecule has 0 radical (unpaired) electrons. The van der Waals surface area contributed by atoms with Gasteiger partial charge in [-0.15, -0.1) is 0 Å². The highest BCUT2D eigenvalue weighted by Gasteiger charge is 2.25. The maximum absolute atomic E-state index is 12.1. The first kappa shape index (κ1) is 17.5. The number of ether oxygens (including phenoxy) is 1. The van der Waals surface area contributed by atoms with E-state index < -0.39 is 5.60 Å². The standard InChI is InChI=1S/C15H21BrN4O3/c1-15(2,3)23-14(21)19(4)6-5-11-9-20(22)12-7-10(16)8-17-13(12)18-11/h7-9,11H,5-6H2,1-4H3,(H,17,18). The van der Waals surface area contributed by atoms with Crippen LogP contribution in [0.25, 0.3) is 0 Å². The van der Waals surface area contributed by atoms with E-state index in [4.69, 9.17) is 4.74 Å². The van der Waals surface area contributed by atoms with Crippen molar-refractivity contribution in [2.45, 2.75) is 38.8 Å². The number of aromatic nitrogens is 1. The Hall–Kier alpha value is -1.83. The molecule has 2 heterocycles. The zero-order valence-electron chi connectivity index (χ0n) is 13.7. The summed E-state index contributed by atoms with van der Waals surface area (Å²) in [6.07, 6.45) is 3.37. The topological polar surface area (TPSA) is 80.5 Å². The van der Waals surface area contributed by atoms with Gasteiger partial charge in [0.25, 0.3) is 5.69 Å². The molecule has 126 valence electrons. The fourth-order valence-electron chi connectivity index (χ4n) is 2.07. The van der Waals surface area contributed by atoms with Gasteiger partial charge in [0.2, 0.25) is 5.82 Å². The summed E-state index contributed by atoms with van der Waals surface area (Å²) in [5.74, 6) is 0.538. The van der Waals surface area contributed by atoms with Crippen molar-refractivity contribution in [2.75, 3.05) is 18.9 Å². The lowest BCUT2D eigenvalue weighted by Gasteiger charge is -2.26. The van der Waals surface area contributed by atoms with Gasteiger partial charge in [0.15, 0.2) is 6.21 Å². The SMILES string of the molecule is CN(CCC1C=[N+]([O-])c2cc(Br)cnc2N1)C(=O)OC(C)(C)C. The number of hydrogen-bond donors (Lipinski definition) is 1. The second-order valence-corrected chi connectivity index (χ2v) is 7.35. The van der Waals surface area contributed by atoms with Crippen molar-refractivity contribution in [3.05, 3.63) is 21.9 Å². The third-order valence-electron chi connectivity index (χ3n) is 3.19. The van der Waals surface area contributed by atoms with Gasteiger partial charge in [-0.05, 0) is 43.1 Å². The lowest BCUT2D eigenvalue weighted by atomic mass is 10.2. The van der Waals surface area contributed by atoms with Crippen molar-refractivity contribution in [1.82, 2.24) is 9.88 Å². The predicted octanol–water partition coefficient (Wildman–Crippen LogP) is 3.11. The van der Waals surface area contributed by atoms with Crippen LogP contribution in [-0.2, 0) is 4.74 Å². The number of nitrogens with zero attached hydrogens (tertiary/aromatic N) is 3. The van der Waals surface area contributed by atoms with E-state index in [-0.39, 0.29) is 12.1 Å². The quantitative estimate of drug-likeness (QED) is 0.639. The van der Waals surface area contributed by atoms with Crippen LogP contribution >= 0.6 is 15.9 Å². The molecule has 1 aliphatic rings. The van der Waals surface area contributed by atoms with Crippen molar-refractivity contribution in [2.24, 2.45) is 0 Å². The van der Waals surface area contributed by atoms with Gasteiger partial charge in [0.05, 0.1) is 0 Å². The van der Waals surface area contributed by atoms with Crippen molar-refractivity contribution >= 4 is 39.7 Å². The molecule has 23 heavy (non-hydrogen) atoms. The van der Waals surface area contributed by atoms with E-state index >= 15 is 0 Å². The van der Waals surface area contributed by atoms with Crippen LogP contribution in [0.2, 0.25) is 0 Å². The largest absolute Gasteiger partial charge is 0.618 e. The van der Waals surface area contributed by atoms with Crippen molar-refractivity contribution in [1.29, 1.82) is 0 Å². The molecule has 0 spiro atoms. The number of amides is 1. The van der Waals surface area contributed by atoms with Crippen LogP contribution in [0.4, 0.5) is 16.3 Å². The summed E-state index contributed by atoms with van der Waals surface area (Å²) >= 11 is 3.29. The van der Waals surface area contributed by atoms with Gasteiger partial charge in [-0.2, -0.15) is 4.74 Å². The molecule has 1 aliphatic heterocycles. The summed E-state index contributed by atoms with van der Waals surface area (Å²) in [5.41, 5.74) is -0.0565. The van der Waals surface area contributed by atoms with E-state index in [0.717, 1.165) is 9.21 Å². The van der Waals surface area contributed by atoms with Gasteiger partial charge in [0.1, 0.15) is 11.6 Å². The van der Waals surface area contributed by atoms with Crippen LogP contribution in [0.15, 0.2) is 16.7 Å². The molecule has 1 atom stereocenters. The second kappa shape index (κ2) is 6.74. The molecule has 0 fully saturated rings. The Kier molecular flexibility index (Phi) is 5.13. The average molecular weight is 385 g/mol. The highest BCUT2D eigenvalue weighted by atomic mass is 79.9. The molecular formula is C15H21BrN4O3. The molecule has 0 aromatic carbocycles. The summed E-state index contributed by atoms with van der Waals surface area (Å²) in [6.45, 7) is 5.94. The smallest absolute Gasteiger partial charge is 0.410 e. The Balaban J connectivity index is 1.94. The summed E-state index contributed by atoms with van der Waals surface area (Å²) in [6, 6.07) is 1.51. The number of anilines is 1. The first-order valence-electron chi connectivity index (χ1n) is 7.33. The Labute approximate surface area is 144 Å². The molecule has 0 aliphatic carbocycles.